The van der Waals surface area contributed by atoms with Crippen LogP contribution < -0.4 is 0 Å². The Kier molecular flexibility index (Phi) is 2.65. The second-order valence-corrected chi connectivity index (χ2v) is 4.58. The fourth-order valence-corrected chi connectivity index (χ4v) is 2.20. The highest BCUT2D eigenvalue weighted by atomic mass is 35.5. The Labute approximate surface area is 109 Å². The van der Waals surface area contributed by atoms with Crippen LogP contribution in [0.4, 0.5) is 0 Å². The van der Waals surface area contributed by atoms with E-state index < -0.39 is 6.10 Å². The molecular weight excluding hydrogens is 252 g/mol. The number of aryl methyl sites for hydroxylation is 1. The molecular formula is C14H11ClO3. The Morgan fingerprint density at radius 3 is 2.78 bits per heavy atom. The van der Waals surface area contributed by atoms with Gasteiger partial charge in [-0.2, -0.15) is 0 Å². The normalized spacial score (nSPS) is 13.1. The summed E-state index contributed by atoms with van der Waals surface area (Å²) in [6.07, 6.45) is 0.632. The Hall–Kier alpha value is -1.71. The average molecular weight is 263 g/mol. The lowest BCUT2D eigenvalue weighted by Gasteiger charge is -2.04. The lowest BCUT2D eigenvalue weighted by Crippen LogP contribution is -1.97. The van der Waals surface area contributed by atoms with E-state index in [0.717, 1.165) is 10.9 Å². The van der Waals surface area contributed by atoms with Crippen molar-refractivity contribution in [2.45, 2.75) is 13.0 Å². The topological polar surface area (TPSA) is 46.5 Å². The molecule has 0 aliphatic heterocycles. The van der Waals surface area contributed by atoms with Crippen LogP contribution in [0.5, 0.6) is 0 Å². The molecule has 0 radical (unpaired) electrons. The zero-order chi connectivity index (χ0) is 12.7. The molecule has 0 aliphatic rings. The summed E-state index contributed by atoms with van der Waals surface area (Å²) in [7, 11) is 0. The second kappa shape index (κ2) is 4.19. The largest absolute Gasteiger partial charge is 0.466 e. The zero-order valence-corrected chi connectivity index (χ0v) is 10.4. The van der Waals surface area contributed by atoms with Crippen molar-refractivity contribution < 1.29 is 13.9 Å². The summed E-state index contributed by atoms with van der Waals surface area (Å²) in [5, 5.41) is 11.6. The van der Waals surface area contributed by atoms with Crippen LogP contribution in [0.25, 0.3) is 11.0 Å². The Morgan fingerprint density at radius 1 is 1.28 bits per heavy atom. The number of para-hydroxylation sites is 1. The number of furan rings is 2. The van der Waals surface area contributed by atoms with Gasteiger partial charge in [0, 0.05) is 5.39 Å². The fourth-order valence-electron chi connectivity index (χ4n) is 1.98. The second-order valence-electron chi connectivity index (χ2n) is 4.18. The molecule has 3 rings (SSSR count). The molecule has 18 heavy (non-hydrogen) atoms. The van der Waals surface area contributed by atoms with E-state index in [4.69, 9.17) is 20.4 Å². The van der Waals surface area contributed by atoms with E-state index in [0.29, 0.717) is 22.1 Å². The highest BCUT2D eigenvalue weighted by Crippen LogP contribution is 2.32. The van der Waals surface area contributed by atoms with Crippen LogP contribution in [-0.4, -0.2) is 5.11 Å². The van der Waals surface area contributed by atoms with Crippen molar-refractivity contribution in [1.29, 1.82) is 0 Å². The van der Waals surface area contributed by atoms with Crippen LogP contribution in [0, 0.1) is 6.92 Å². The van der Waals surface area contributed by atoms with Gasteiger partial charge in [0.2, 0.25) is 0 Å². The van der Waals surface area contributed by atoms with Gasteiger partial charge in [-0.25, -0.2) is 0 Å². The van der Waals surface area contributed by atoms with Crippen LogP contribution in [-0.2, 0) is 0 Å². The molecule has 2 aromatic heterocycles. The molecule has 0 saturated carbocycles. The first-order chi connectivity index (χ1) is 8.66. The minimum absolute atomic E-state index is 0.427. The van der Waals surface area contributed by atoms with E-state index in [1.807, 2.05) is 19.1 Å². The zero-order valence-electron chi connectivity index (χ0n) is 9.68. The predicted octanol–water partition coefficient (Wildman–Crippen LogP) is 4.07. The lowest BCUT2D eigenvalue weighted by molar-refractivity contribution is 0.164. The standard InChI is InChI=1S/C14H11ClO3/c1-8-5-6-17-13(8)12(16)11-7-9-3-2-4-10(15)14(9)18-11/h2-7,12,16H,1H3. The van der Waals surface area contributed by atoms with Gasteiger partial charge >= 0.3 is 0 Å². The van der Waals surface area contributed by atoms with Gasteiger partial charge in [0.05, 0.1) is 11.3 Å². The van der Waals surface area contributed by atoms with Crippen molar-refractivity contribution in [3.05, 3.63) is 58.7 Å². The van der Waals surface area contributed by atoms with Gasteiger partial charge in [0.25, 0.3) is 0 Å². The third kappa shape index (κ3) is 1.72. The van der Waals surface area contributed by atoms with Crippen molar-refractivity contribution in [3.63, 3.8) is 0 Å². The molecule has 92 valence electrons. The average Bonchev–Trinajstić information content (AvgIpc) is 2.95. The minimum atomic E-state index is -0.913. The number of fused-ring (bicyclic) bond motifs is 1. The predicted molar refractivity (Wildman–Crippen MR) is 68.7 cm³/mol. The lowest BCUT2D eigenvalue weighted by atomic mass is 10.1. The van der Waals surface area contributed by atoms with E-state index in [1.165, 1.54) is 0 Å². The summed E-state index contributed by atoms with van der Waals surface area (Å²) in [6.45, 7) is 1.87. The van der Waals surface area contributed by atoms with Gasteiger partial charge in [0.15, 0.2) is 11.7 Å². The number of aliphatic hydroxyl groups is 1. The number of hydrogen-bond donors (Lipinski definition) is 1. The van der Waals surface area contributed by atoms with Gasteiger partial charge in [-0.1, -0.05) is 23.7 Å². The van der Waals surface area contributed by atoms with E-state index in [1.54, 1.807) is 24.5 Å². The van der Waals surface area contributed by atoms with E-state index in [2.05, 4.69) is 0 Å². The fraction of sp³-hybridized carbons (Fsp3) is 0.143. The van der Waals surface area contributed by atoms with Crippen molar-refractivity contribution in [2.24, 2.45) is 0 Å². The first-order valence-corrected chi connectivity index (χ1v) is 5.94. The number of aliphatic hydroxyl groups excluding tert-OH is 1. The van der Waals surface area contributed by atoms with Crippen molar-refractivity contribution in [2.75, 3.05) is 0 Å². The Balaban J connectivity index is 2.10. The van der Waals surface area contributed by atoms with Crippen LogP contribution in [0.3, 0.4) is 0 Å². The summed E-state index contributed by atoms with van der Waals surface area (Å²) < 4.78 is 10.9. The van der Waals surface area contributed by atoms with Gasteiger partial charge in [-0.15, -0.1) is 0 Å². The van der Waals surface area contributed by atoms with Crippen LogP contribution in [0.2, 0.25) is 5.02 Å². The SMILES string of the molecule is Cc1ccoc1C(O)c1cc2cccc(Cl)c2o1. The molecule has 4 heteroatoms. The molecule has 1 aromatic carbocycles. The van der Waals surface area contributed by atoms with Crippen molar-refractivity contribution in [1.82, 2.24) is 0 Å². The third-order valence-corrected chi connectivity index (χ3v) is 3.23. The highest BCUT2D eigenvalue weighted by Gasteiger charge is 2.20. The third-order valence-electron chi connectivity index (χ3n) is 2.93. The molecule has 3 aromatic rings. The van der Waals surface area contributed by atoms with Crippen molar-refractivity contribution >= 4 is 22.6 Å². The van der Waals surface area contributed by atoms with Crippen molar-refractivity contribution in [3.8, 4) is 0 Å². The monoisotopic (exact) mass is 262 g/mol. The van der Waals surface area contributed by atoms with E-state index in [9.17, 15) is 5.11 Å². The highest BCUT2D eigenvalue weighted by molar-refractivity contribution is 6.34. The first-order valence-electron chi connectivity index (χ1n) is 5.57. The molecule has 0 spiro atoms. The number of hydrogen-bond acceptors (Lipinski definition) is 3. The Bertz CT molecular complexity index is 696. The van der Waals surface area contributed by atoms with Gasteiger partial charge in [-0.05, 0) is 30.7 Å². The number of halogens is 1. The summed E-state index contributed by atoms with van der Waals surface area (Å²) in [4.78, 5) is 0. The number of benzene rings is 1. The molecule has 0 saturated heterocycles. The molecule has 3 nitrogen and oxygen atoms in total. The van der Waals surface area contributed by atoms with E-state index >= 15 is 0 Å². The van der Waals surface area contributed by atoms with Crippen LogP contribution in [0.1, 0.15) is 23.2 Å². The molecule has 0 amide bonds. The molecule has 2 heterocycles. The summed E-state index contributed by atoms with van der Waals surface area (Å²) in [6, 6.07) is 9.05. The molecule has 1 atom stereocenters. The van der Waals surface area contributed by atoms with Gasteiger partial charge in [0.1, 0.15) is 11.5 Å². The van der Waals surface area contributed by atoms with Crippen LogP contribution >= 0.6 is 11.6 Å². The maximum absolute atomic E-state index is 10.2. The summed E-state index contributed by atoms with van der Waals surface area (Å²) in [5.74, 6) is 0.918. The molecule has 0 bridgehead atoms. The number of rotatable bonds is 2. The van der Waals surface area contributed by atoms with Gasteiger partial charge in [-0.3, -0.25) is 0 Å². The maximum atomic E-state index is 10.2. The molecule has 1 N–H and O–H groups in total. The maximum Gasteiger partial charge on any atom is 0.169 e. The molecule has 1 unspecified atom stereocenters. The van der Waals surface area contributed by atoms with Crippen LogP contribution in [0.15, 0.2) is 45.4 Å². The van der Waals surface area contributed by atoms with E-state index in [-0.39, 0.29) is 0 Å². The first kappa shape index (κ1) is 11.4. The molecule has 0 aliphatic carbocycles. The summed E-state index contributed by atoms with van der Waals surface area (Å²) >= 11 is 6.03. The minimum Gasteiger partial charge on any atom is -0.466 e. The smallest absolute Gasteiger partial charge is 0.169 e. The quantitative estimate of drug-likeness (QED) is 0.757. The Morgan fingerprint density at radius 2 is 2.11 bits per heavy atom. The molecule has 0 fully saturated rings. The van der Waals surface area contributed by atoms with Gasteiger partial charge < -0.3 is 13.9 Å². The summed E-state index contributed by atoms with van der Waals surface area (Å²) in [5.41, 5.74) is 1.46.